The summed E-state index contributed by atoms with van der Waals surface area (Å²) in [7, 11) is 0. The number of hydrogen-bond acceptors (Lipinski definition) is 3. The molecule has 1 amide bonds. The number of amides is 1. The van der Waals surface area contributed by atoms with Gasteiger partial charge >= 0.3 is 0 Å². The lowest BCUT2D eigenvalue weighted by molar-refractivity contribution is 0.0919. The van der Waals surface area contributed by atoms with E-state index in [1.807, 2.05) is 26.8 Å². The Morgan fingerprint density at radius 1 is 1.33 bits per heavy atom. The second-order valence-corrected chi connectivity index (χ2v) is 5.45. The third-order valence-electron chi connectivity index (χ3n) is 2.35. The van der Waals surface area contributed by atoms with Crippen LogP contribution < -0.4 is 10.6 Å². The summed E-state index contributed by atoms with van der Waals surface area (Å²) in [5.41, 5.74) is 1.25. The van der Waals surface area contributed by atoms with Gasteiger partial charge in [-0.05, 0) is 33.3 Å². The third kappa shape index (κ3) is 5.17. The molecule has 1 heterocycles. The third-order valence-corrected chi connectivity index (χ3v) is 2.35. The smallest absolute Gasteiger partial charge is 0.253 e. The molecule has 18 heavy (non-hydrogen) atoms. The van der Waals surface area contributed by atoms with Crippen LogP contribution in [0.2, 0.25) is 0 Å². The van der Waals surface area contributed by atoms with Gasteiger partial charge in [0.15, 0.2) is 0 Å². The molecular weight excluding hydrogens is 226 g/mol. The SMILES string of the molecule is CCCCNc1cncc(C(=O)NC(C)(C)C)c1. The van der Waals surface area contributed by atoms with E-state index in [0.717, 1.165) is 25.1 Å². The van der Waals surface area contributed by atoms with E-state index >= 15 is 0 Å². The van der Waals surface area contributed by atoms with E-state index in [2.05, 4.69) is 22.5 Å². The zero-order valence-corrected chi connectivity index (χ0v) is 11.7. The number of nitrogens with zero attached hydrogens (tertiary/aromatic N) is 1. The van der Waals surface area contributed by atoms with Crippen LogP contribution in [0.4, 0.5) is 5.69 Å². The van der Waals surface area contributed by atoms with Crippen molar-refractivity contribution in [1.82, 2.24) is 10.3 Å². The van der Waals surface area contributed by atoms with Crippen molar-refractivity contribution in [3.05, 3.63) is 24.0 Å². The summed E-state index contributed by atoms with van der Waals surface area (Å²) in [5.74, 6) is -0.0888. The Balaban J connectivity index is 2.66. The molecule has 0 aromatic carbocycles. The number of carbonyl (C=O) groups excluding carboxylic acids is 1. The molecule has 100 valence electrons. The Labute approximate surface area is 109 Å². The maximum atomic E-state index is 12.0. The molecule has 0 radical (unpaired) electrons. The Hall–Kier alpha value is -1.58. The van der Waals surface area contributed by atoms with Crippen molar-refractivity contribution < 1.29 is 4.79 Å². The van der Waals surface area contributed by atoms with Gasteiger partial charge in [-0.1, -0.05) is 13.3 Å². The summed E-state index contributed by atoms with van der Waals surface area (Å²) < 4.78 is 0. The highest BCUT2D eigenvalue weighted by atomic mass is 16.1. The van der Waals surface area contributed by atoms with Gasteiger partial charge in [0.2, 0.25) is 0 Å². The average molecular weight is 249 g/mol. The number of carbonyl (C=O) groups is 1. The van der Waals surface area contributed by atoms with E-state index < -0.39 is 0 Å². The number of hydrogen-bond donors (Lipinski definition) is 2. The molecule has 0 saturated carbocycles. The summed E-state index contributed by atoms with van der Waals surface area (Å²) in [6.45, 7) is 8.93. The van der Waals surface area contributed by atoms with Crippen LogP contribution in [-0.4, -0.2) is 23.0 Å². The van der Waals surface area contributed by atoms with Crippen LogP contribution in [0.3, 0.4) is 0 Å². The van der Waals surface area contributed by atoms with Crippen LogP contribution >= 0.6 is 0 Å². The monoisotopic (exact) mass is 249 g/mol. The molecule has 4 nitrogen and oxygen atoms in total. The van der Waals surface area contributed by atoms with Crippen LogP contribution in [0, 0.1) is 0 Å². The lowest BCUT2D eigenvalue weighted by Crippen LogP contribution is -2.40. The van der Waals surface area contributed by atoms with E-state index in [1.165, 1.54) is 0 Å². The van der Waals surface area contributed by atoms with Gasteiger partial charge in [0, 0.05) is 24.5 Å². The largest absolute Gasteiger partial charge is 0.384 e. The van der Waals surface area contributed by atoms with E-state index in [9.17, 15) is 4.79 Å². The average Bonchev–Trinajstić information content (AvgIpc) is 2.27. The van der Waals surface area contributed by atoms with Gasteiger partial charge in [-0.25, -0.2) is 0 Å². The molecule has 4 heteroatoms. The molecular formula is C14H23N3O. The summed E-state index contributed by atoms with van der Waals surface area (Å²) in [6, 6.07) is 1.84. The molecule has 0 aliphatic rings. The van der Waals surface area contributed by atoms with Crippen LogP contribution in [0.25, 0.3) is 0 Å². The van der Waals surface area contributed by atoms with Gasteiger partial charge in [0.25, 0.3) is 5.91 Å². The number of nitrogens with one attached hydrogen (secondary N) is 2. The molecule has 0 aliphatic heterocycles. The van der Waals surface area contributed by atoms with E-state index in [1.54, 1.807) is 12.4 Å². The second kappa shape index (κ2) is 6.38. The zero-order valence-electron chi connectivity index (χ0n) is 11.7. The standard InChI is InChI=1S/C14H23N3O/c1-5-6-7-16-12-8-11(9-15-10-12)13(18)17-14(2,3)4/h8-10,16H,5-7H2,1-4H3,(H,17,18). The van der Waals surface area contributed by atoms with Gasteiger partial charge in [-0.15, -0.1) is 0 Å². The van der Waals surface area contributed by atoms with Crippen molar-refractivity contribution in [3.8, 4) is 0 Å². The molecule has 1 aromatic rings. The molecule has 1 aromatic heterocycles. The van der Waals surface area contributed by atoms with Gasteiger partial charge in [-0.3, -0.25) is 9.78 Å². The number of rotatable bonds is 5. The highest BCUT2D eigenvalue weighted by Gasteiger charge is 2.15. The van der Waals surface area contributed by atoms with Gasteiger partial charge in [-0.2, -0.15) is 0 Å². The topological polar surface area (TPSA) is 54.0 Å². The minimum Gasteiger partial charge on any atom is -0.384 e. The first kappa shape index (κ1) is 14.5. The molecule has 0 unspecified atom stereocenters. The predicted octanol–water partition coefficient (Wildman–Crippen LogP) is 2.82. The molecule has 0 spiro atoms. The van der Waals surface area contributed by atoms with Crippen LogP contribution in [0.15, 0.2) is 18.5 Å². The van der Waals surface area contributed by atoms with E-state index in [0.29, 0.717) is 5.56 Å². The number of aromatic nitrogens is 1. The van der Waals surface area contributed by atoms with Crippen molar-refractivity contribution in [2.24, 2.45) is 0 Å². The number of unbranched alkanes of at least 4 members (excludes halogenated alkanes) is 1. The van der Waals surface area contributed by atoms with Crippen molar-refractivity contribution in [2.45, 2.75) is 46.1 Å². The Morgan fingerprint density at radius 3 is 2.67 bits per heavy atom. The summed E-state index contributed by atoms with van der Waals surface area (Å²) in [6.07, 6.45) is 5.58. The van der Waals surface area contributed by atoms with Crippen molar-refractivity contribution in [2.75, 3.05) is 11.9 Å². The van der Waals surface area contributed by atoms with Crippen LogP contribution in [0.1, 0.15) is 50.9 Å². The lowest BCUT2D eigenvalue weighted by atomic mass is 10.1. The maximum Gasteiger partial charge on any atom is 0.253 e. The van der Waals surface area contributed by atoms with Gasteiger partial charge < -0.3 is 10.6 Å². The minimum absolute atomic E-state index is 0.0888. The highest BCUT2D eigenvalue weighted by molar-refractivity contribution is 5.95. The fourth-order valence-electron chi connectivity index (χ4n) is 1.48. The van der Waals surface area contributed by atoms with E-state index in [4.69, 9.17) is 0 Å². The first-order chi connectivity index (χ1) is 8.42. The van der Waals surface area contributed by atoms with Crippen LogP contribution in [-0.2, 0) is 0 Å². The molecule has 0 bridgehead atoms. The molecule has 0 saturated heterocycles. The first-order valence-electron chi connectivity index (χ1n) is 6.44. The molecule has 1 rings (SSSR count). The lowest BCUT2D eigenvalue weighted by Gasteiger charge is -2.20. The van der Waals surface area contributed by atoms with Crippen molar-refractivity contribution >= 4 is 11.6 Å². The Bertz CT molecular complexity index is 396. The molecule has 2 N–H and O–H groups in total. The Kier molecular flexibility index (Phi) is 5.13. The van der Waals surface area contributed by atoms with Gasteiger partial charge in [0.1, 0.15) is 0 Å². The van der Waals surface area contributed by atoms with Crippen molar-refractivity contribution in [3.63, 3.8) is 0 Å². The minimum atomic E-state index is -0.233. The predicted molar refractivity (Wildman–Crippen MR) is 74.9 cm³/mol. The number of pyridine rings is 1. The highest BCUT2D eigenvalue weighted by Crippen LogP contribution is 2.10. The second-order valence-electron chi connectivity index (χ2n) is 5.45. The Morgan fingerprint density at radius 2 is 2.06 bits per heavy atom. The quantitative estimate of drug-likeness (QED) is 0.789. The summed E-state index contributed by atoms with van der Waals surface area (Å²) >= 11 is 0. The molecule has 0 fully saturated rings. The normalized spacial score (nSPS) is 11.1. The fourth-order valence-corrected chi connectivity index (χ4v) is 1.48. The zero-order chi connectivity index (χ0) is 13.6. The van der Waals surface area contributed by atoms with Crippen LogP contribution in [0.5, 0.6) is 0 Å². The first-order valence-corrected chi connectivity index (χ1v) is 6.44. The van der Waals surface area contributed by atoms with E-state index in [-0.39, 0.29) is 11.4 Å². The maximum absolute atomic E-state index is 12.0. The molecule has 0 aliphatic carbocycles. The molecule has 0 atom stereocenters. The van der Waals surface area contributed by atoms with Gasteiger partial charge in [0.05, 0.1) is 11.3 Å². The number of anilines is 1. The summed E-state index contributed by atoms with van der Waals surface area (Å²) in [4.78, 5) is 16.1. The summed E-state index contributed by atoms with van der Waals surface area (Å²) in [5, 5.41) is 6.18. The fraction of sp³-hybridized carbons (Fsp3) is 0.571. The van der Waals surface area contributed by atoms with Crippen molar-refractivity contribution in [1.29, 1.82) is 0 Å².